The molecule has 0 saturated heterocycles. The van der Waals surface area contributed by atoms with Crippen LogP contribution in [0.5, 0.6) is 5.75 Å². The molecule has 0 bridgehead atoms. The summed E-state index contributed by atoms with van der Waals surface area (Å²) in [6.45, 7) is 9.45. The number of hydrogen-bond donors (Lipinski definition) is 2. The molecule has 0 spiro atoms. The first-order valence-electron chi connectivity index (χ1n) is 12.9. The molecule has 8 heteroatoms. The van der Waals surface area contributed by atoms with Crippen LogP contribution in [0.2, 0.25) is 10.0 Å². The average Bonchev–Trinajstić information content (AvgIpc) is 2.87. The predicted molar refractivity (Wildman–Crippen MR) is 146 cm³/mol. The SMILES string of the molecule is CCOCc1cc(C(CNCCCCCCOCCOCc2c(Cl)cccc2Cl)OCC)ccc1O. The van der Waals surface area contributed by atoms with Gasteiger partial charge in [0, 0.05) is 47.5 Å². The number of nitrogens with one attached hydrogen (secondary N) is 1. The number of benzene rings is 2. The van der Waals surface area contributed by atoms with Gasteiger partial charge in [0.15, 0.2) is 0 Å². The Morgan fingerprint density at radius 2 is 1.58 bits per heavy atom. The summed E-state index contributed by atoms with van der Waals surface area (Å²) in [6.07, 6.45) is 4.36. The number of rotatable bonds is 20. The molecule has 0 aromatic heterocycles. The summed E-state index contributed by atoms with van der Waals surface area (Å²) in [5, 5.41) is 14.8. The van der Waals surface area contributed by atoms with Crippen LogP contribution in [0.4, 0.5) is 0 Å². The Balaban J connectivity index is 1.51. The molecule has 2 aromatic rings. The first kappa shape index (κ1) is 30.8. The smallest absolute Gasteiger partial charge is 0.121 e. The fourth-order valence-corrected chi connectivity index (χ4v) is 4.22. The summed E-state index contributed by atoms with van der Waals surface area (Å²) in [5.74, 6) is 0.258. The molecule has 0 radical (unpaired) electrons. The van der Waals surface area contributed by atoms with Crippen LogP contribution in [0.1, 0.15) is 62.3 Å². The Hall–Kier alpha value is -1.38. The van der Waals surface area contributed by atoms with E-state index in [9.17, 15) is 5.11 Å². The van der Waals surface area contributed by atoms with Crippen molar-refractivity contribution >= 4 is 23.2 Å². The second-order valence-electron chi connectivity index (χ2n) is 8.45. The third kappa shape index (κ3) is 11.8. The summed E-state index contributed by atoms with van der Waals surface area (Å²) < 4.78 is 22.7. The molecule has 2 rings (SSSR count). The Bertz CT molecular complexity index is 848. The van der Waals surface area contributed by atoms with Gasteiger partial charge in [-0.1, -0.05) is 48.2 Å². The topological polar surface area (TPSA) is 69.2 Å². The molecule has 0 amide bonds. The third-order valence-corrected chi connectivity index (χ3v) is 6.42. The number of phenols is 1. The predicted octanol–water partition coefficient (Wildman–Crippen LogP) is 6.70. The lowest BCUT2D eigenvalue weighted by Crippen LogP contribution is -2.24. The summed E-state index contributed by atoms with van der Waals surface area (Å²) in [6, 6.07) is 11.1. The average molecular weight is 543 g/mol. The summed E-state index contributed by atoms with van der Waals surface area (Å²) in [4.78, 5) is 0. The van der Waals surface area contributed by atoms with E-state index in [4.69, 9.17) is 42.1 Å². The molecule has 0 aliphatic heterocycles. The number of aromatic hydroxyl groups is 1. The van der Waals surface area contributed by atoms with Gasteiger partial charge in [0.2, 0.25) is 0 Å². The molecule has 2 aromatic carbocycles. The zero-order chi connectivity index (χ0) is 26.0. The van der Waals surface area contributed by atoms with E-state index >= 15 is 0 Å². The van der Waals surface area contributed by atoms with Gasteiger partial charge in [-0.2, -0.15) is 0 Å². The van der Waals surface area contributed by atoms with Crippen molar-refractivity contribution in [1.29, 1.82) is 0 Å². The summed E-state index contributed by atoms with van der Waals surface area (Å²) in [7, 11) is 0. The van der Waals surface area contributed by atoms with E-state index in [0.29, 0.717) is 49.7 Å². The molecule has 0 fully saturated rings. The maximum atomic E-state index is 10.1. The van der Waals surface area contributed by atoms with Crippen LogP contribution in [0.3, 0.4) is 0 Å². The zero-order valence-electron chi connectivity index (χ0n) is 21.6. The lowest BCUT2D eigenvalue weighted by Gasteiger charge is -2.19. The minimum absolute atomic E-state index is 0.0551. The highest BCUT2D eigenvalue weighted by molar-refractivity contribution is 6.35. The number of phenolic OH excluding ortho intramolecular Hbond substituents is 1. The first-order chi connectivity index (χ1) is 17.6. The van der Waals surface area contributed by atoms with Gasteiger partial charge < -0.3 is 29.4 Å². The lowest BCUT2D eigenvalue weighted by atomic mass is 10.0. The van der Waals surface area contributed by atoms with Gasteiger partial charge in [-0.3, -0.25) is 0 Å². The van der Waals surface area contributed by atoms with Gasteiger partial charge in [0.05, 0.1) is 32.5 Å². The van der Waals surface area contributed by atoms with E-state index in [2.05, 4.69) is 5.32 Å². The molecule has 1 atom stereocenters. The molecule has 0 aliphatic carbocycles. The van der Waals surface area contributed by atoms with Crippen molar-refractivity contribution in [1.82, 2.24) is 5.32 Å². The van der Waals surface area contributed by atoms with Gasteiger partial charge in [0.25, 0.3) is 0 Å². The summed E-state index contributed by atoms with van der Waals surface area (Å²) >= 11 is 12.3. The largest absolute Gasteiger partial charge is 0.508 e. The molecule has 6 nitrogen and oxygen atoms in total. The maximum absolute atomic E-state index is 10.1. The van der Waals surface area contributed by atoms with Gasteiger partial charge in [-0.25, -0.2) is 0 Å². The fraction of sp³-hybridized carbons (Fsp3) is 0.571. The van der Waals surface area contributed by atoms with Crippen LogP contribution in [-0.4, -0.2) is 51.2 Å². The number of halogens is 2. The van der Waals surface area contributed by atoms with Crippen LogP contribution >= 0.6 is 23.2 Å². The van der Waals surface area contributed by atoms with E-state index in [1.807, 2.05) is 44.2 Å². The van der Waals surface area contributed by atoms with Crippen molar-refractivity contribution in [3.8, 4) is 5.75 Å². The van der Waals surface area contributed by atoms with Crippen molar-refractivity contribution in [3.63, 3.8) is 0 Å². The molecule has 2 N–H and O–H groups in total. The van der Waals surface area contributed by atoms with E-state index < -0.39 is 0 Å². The molecule has 202 valence electrons. The second-order valence-corrected chi connectivity index (χ2v) is 9.27. The van der Waals surface area contributed by atoms with Gasteiger partial charge in [-0.05, 0) is 63.1 Å². The van der Waals surface area contributed by atoms with Crippen LogP contribution in [-0.2, 0) is 32.2 Å². The quantitative estimate of drug-likeness (QED) is 0.182. The lowest BCUT2D eigenvalue weighted by molar-refractivity contribution is 0.0393. The van der Waals surface area contributed by atoms with E-state index in [1.54, 1.807) is 6.07 Å². The fourth-order valence-electron chi connectivity index (χ4n) is 3.71. The number of unbranched alkanes of at least 4 members (excludes halogenated alkanes) is 3. The highest BCUT2D eigenvalue weighted by Crippen LogP contribution is 2.26. The molecular weight excluding hydrogens is 501 g/mol. The highest BCUT2D eigenvalue weighted by Gasteiger charge is 2.13. The standard InChI is InChI=1S/C28H41Cl2NO5/c1-3-33-20-23-18-22(12-13-27(23)32)28(36-4-2)19-31-14-7-5-6-8-15-34-16-17-35-21-24-25(29)10-9-11-26(24)30/h9-13,18,28,31-32H,3-8,14-17,19-21H2,1-2H3. The zero-order valence-corrected chi connectivity index (χ0v) is 23.1. The Morgan fingerprint density at radius 3 is 2.33 bits per heavy atom. The Kier molecular flexibility index (Phi) is 16.1. The maximum Gasteiger partial charge on any atom is 0.121 e. The number of ether oxygens (including phenoxy) is 4. The van der Waals surface area contributed by atoms with Crippen molar-refractivity contribution in [2.45, 2.75) is 58.8 Å². The Morgan fingerprint density at radius 1 is 0.833 bits per heavy atom. The van der Waals surface area contributed by atoms with Crippen LogP contribution < -0.4 is 5.32 Å². The molecule has 0 aliphatic rings. The third-order valence-electron chi connectivity index (χ3n) is 5.71. The first-order valence-corrected chi connectivity index (χ1v) is 13.6. The Labute approximate surface area is 226 Å². The molecular formula is C28H41Cl2NO5. The molecule has 1 unspecified atom stereocenters. The molecule has 0 saturated carbocycles. The van der Waals surface area contributed by atoms with Crippen molar-refractivity contribution in [2.75, 3.05) is 46.1 Å². The van der Waals surface area contributed by atoms with Crippen LogP contribution in [0.25, 0.3) is 0 Å². The van der Waals surface area contributed by atoms with Crippen molar-refractivity contribution in [3.05, 3.63) is 63.1 Å². The van der Waals surface area contributed by atoms with E-state index in [0.717, 1.165) is 62.1 Å². The monoisotopic (exact) mass is 541 g/mol. The van der Waals surface area contributed by atoms with Crippen LogP contribution in [0, 0.1) is 0 Å². The number of hydrogen-bond acceptors (Lipinski definition) is 6. The van der Waals surface area contributed by atoms with Crippen molar-refractivity contribution < 1.29 is 24.1 Å². The normalized spacial score (nSPS) is 12.2. The minimum atomic E-state index is -0.0551. The van der Waals surface area contributed by atoms with Crippen LogP contribution in [0.15, 0.2) is 36.4 Å². The van der Waals surface area contributed by atoms with Gasteiger partial charge >= 0.3 is 0 Å². The van der Waals surface area contributed by atoms with E-state index in [1.165, 1.54) is 0 Å². The van der Waals surface area contributed by atoms with Gasteiger partial charge in [0.1, 0.15) is 5.75 Å². The van der Waals surface area contributed by atoms with E-state index in [-0.39, 0.29) is 11.9 Å². The van der Waals surface area contributed by atoms with Crippen molar-refractivity contribution in [2.24, 2.45) is 0 Å². The summed E-state index contributed by atoms with van der Waals surface area (Å²) in [5.41, 5.74) is 2.65. The molecule has 0 heterocycles. The van der Waals surface area contributed by atoms with Gasteiger partial charge in [-0.15, -0.1) is 0 Å². The minimum Gasteiger partial charge on any atom is -0.508 e. The second kappa shape index (κ2) is 18.8. The highest BCUT2D eigenvalue weighted by atomic mass is 35.5. The molecule has 36 heavy (non-hydrogen) atoms.